The molecule has 3 N–H and O–H groups in total. The van der Waals surface area contributed by atoms with E-state index in [9.17, 15) is 22.8 Å². The predicted molar refractivity (Wildman–Crippen MR) is 106 cm³/mol. The Labute approximate surface area is 174 Å². The average molecular weight is 436 g/mol. The fourth-order valence-corrected chi connectivity index (χ4v) is 2.87. The largest absolute Gasteiger partial charge is 0.495 e. The second kappa shape index (κ2) is 8.94. The van der Waals surface area contributed by atoms with Crippen molar-refractivity contribution in [3.05, 3.63) is 53.3 Å². The Hall–Kier alpha value is -3.76. The minimum absolute atomic E-state index is 0.0854. The second-order valence-electron chi connectivity index (χ2n) is 6.47. The van der Waals surface area contributed by atoms with Crippen LogP contribution in [-0.2, 0) is 17.3 Å². The van der Waals surface area contributed by atoms with Crippen LogP contribution < -0.4 is 15.4 Å². The summed E-state index contributed by atoms with van der Waals surface area (Å²) in [5.41, 5.74) is 1.08. The van der Waals surface area contributed by atoms with Crippen molar-refractivity contribution in [2.24, 2.45) is 0 Å². The molecule has 0 spiro atoms. The van der Waals surface area contributed by atoms with E-state index in [0.29, 0.717) is 17.5 Å². The van der Waals surface area contributed by atoms with Crippen molar-refractivity contribution in [2.45, 2.75) is 12.6 Å². The number of carbonyl (C=O) groups is 2. The highest BCUT2D eigenvalue weighted by Crippen LogP contribution is 2.34. The zero-order valence-corrected chi connectivity index (χ0v) is 16.6. The first kappa shape index (κ1) is 21.9. The van der Waals surface area contributed by atoms with Crippen LogP contribution in [0.1, 0.15) is 21.7 Å². The summed E-state index contributed by atoms with van der Waals surface area (Å²) in [7, 11) is 2.55. The Morgan fingerprint density at radius 2 is 1.90 bits per heavy atom. The number of hydrogen-bond donors (Lipinski definition) is 3. The molecule has 1 heterocycles. The number of methoxy groups -OCH3 is 2. The number of halogens is 3. The third-order valence-corrected chi connectivity index (χ3v) is 4.40. The predicted octanol–water partition coefficient (Wildman–Crippen LogP) is 3.74. The molecule has 2 amide bonds. The summed E-state index contributed by atoms with van der Waals surface area (Å²) in [5, 5.41) is 4.95. The number of H-pyrrole nitrogens is 1. The lowest BCUT2D eigenvalue weighted by Gasteiger charge is -2.14. The Bertz CT molecular complexity index is 1110. The Morgan fingerprint density at radius 1 is 1.13 bits per heavy atom. The smallest absolute Gasteiger partial charge is 0.416 e. The van der Waals surface area contributed by atoms with Crippen molar-refractivity contribution in [1.82, 2.24) is 15.3 Å². The minimum atomic E-state index is -4.54. The lowest BCUT2D eigenvalue weighted by atomic mass is 10.1. The fraction of sp³-hybridized carbons (Fsp3) is 0.250. The number of benzene rings is 2. The zero-order chi connectivity index (χ0) is 22.6. The molecule has 3 rings (SSSR count). The van der Waals surface area contributed by atoms with Gasteiger partial charge in [-0.25, -0.2) is 14.6 Å². The molecular weight excluding hydrogens is 417 g/mol. The van der Waals surface area contributed by atoms with Crippen molar-refractivity contribution in [3.63, 3.8) is 0 Å². The van der Waals surface area contributed by atoms with Crippen LogP contribution in [-0.4, -0.2) is 42.7 Å². The molecule has 164 valence electrons. The molecule has 0 aliphatic carbocycles. The lowest BCUT2D eigenvalue weighted by molar-refractivity contribution is -0.137. The number of amides is 2. The summed E-state index contributed by atoms with van der Waals surface area (Å²) >= 11 is 0. The van der Waals surface area contributed by atoms with Gasteiger partial charge in [0.25, 0.3) is 0 Å². The highest BCUT2D eigenvalue weighted by Gasteiger charge is 2.31. The standard InChI is InChI=1S/C20H19F3N4O4/c1-30-16-6-4-12(20(21,22)23)10-15(16)27-19(29)24-8-7-11-3-5-13-14(9-11)26-17(25-13)18(28)31-2/h3-6,9-10H,7-8H2,1-2H3,(H,25,26)(H2,24,27,29). The van der Waals surface area contributed by atoms with Gasteiger partial charge in [-0.05, 0) is 42.3 Å². The maximum Gasteiger partial charge on any atom is 0.416 e. The maximum atomic E-state index is 12.9. The molecule has 0 aliphatic heterocycles. The summed E-state index contributed by atoms with van der Waals surface area (Å²) < 4.78 is 48.3. The molecule has 2 aromatic carbocycles. The quantitative estimate of drug-likeness (QED) is 0.511. The Balaban J connectivity index is 1.61. The number of urea groups is 1. The first-order valence-corrected chi connectivity index (χ1v) is 9.08. The second-order valence-corrected chi connectivity index (χ2v) is 6.47. The zero-order valence-electron chi connectivity index (χ0n) is 16.6. The third-order valence-electron chi connectivity index (χ3n) is 4.40. The normalized spacial score (nSPS) is 11.3. The Kier molecular flexibility index (Phi) is 6.33. The molecule has 0 aliphatic rings. The van der Waals surface area contributed by atoms with E-state index < -0.39 is 23.7 Å². The first-order valence-electron chi connectivity index (χ1n) is 9.08. The molecule has 0 saturated carbocycles. The number of alkyl halides is 3. The Morgan fingerprint density at radius 3 is 2.58 bits per heavy atom. The van der Waals surface area contributed by atoms with Gasteiger partial charge in [-0.3, -0.25) is 0 Å². The van der Waals surface area contributed by atoms with E-state index >= 15 is 0 Å². The molecule has 0 bridgehead atoms. The van der Waals surface area contributed by atoms with E-state index in [1.54, 1.807) is 18.2 Å². The van der Waals surface area contributed by atoms with Gasteiger partial charge in [-0.2, -0.15) is 13.2 Å². The number of anilines is 1. The van der Waals surface area contributed by atoms with Crippen molar-refractivity contribution in [3.8, 4) is 5.75 Å². The number of nitrogens with one attached hydrogen (secondary N) is 3. The van der Waals surface area contributed by atoms with Crippen LogP contribution in [0.25, 0.3) is 11.0 Å². The average Bonchev–Trinajstić information content (AvgIpc) is 3.16. The number of aromatic amines is 1. The van der Waals surface area contributed by atoms with Gasteiger partial charge < -0.3 is 25.1 Å². The fourth-order valence-electron chi connectivity index (χ4n) is 2.87. The summed E-state index contributed by atoms with van der Waals surface area (Å²) in [5.74, 6) is -0.391. The van der Waals surface area contributed by atoms with Crippen molar-refractivity contribution >= 4 is 28.7 Å². The van der Waals surface area contributed by atoms with Crippen LogP contribution >= 0.6 is 0 Å². The number of aromatic nitrogens is 2. The maximum absolute atomic E-state index is 12.9. The van der Waals surface area contributed by atoms with Gasteiger partial charge in [0.15, 0.2) is 0 Å². The molecule has 0 radical (unpaired) electrons. The number of ether oxygens (including phenoxy) is 2. The minimum Gasteiger partial charge on any atom is -0.495 e. The number of rotatable bonds is 6. The highest BCUT2D eigenvalue weighted by atomic mass is 19.4. The SMILES string of the molecule is COC(=O)c1nc2ccc(CCNC(=O)Nc3cc(C(F)(F)F)ccc3OC)cc2[nH]1. The summed E-state index contributed by atoms with van der Waals surface area (Å²) in [6, 6.07) is 7.45. The van der Waals surface area contributed by atoms with Gasteiger partial charge in [0, 0.05) is 6.54 Å². The topological polar surface area (TPSA) is 105 Å². The van der Waals surface area contributed by atoms with Crippen molar-refractivity contribution in [2.75, 3.05) is 26.1 Å². The van der Waals surface area contributed by atoms with Gasteiger partial charge in [0.1, 0.15) is 5.75 Å². The molecule has 11 heteroatoms. The molecule has 0 fully saturated rings. The summed E-state index contributed by atoms with van der Waals surface area (Å²) in [4.78, 5) is 30.7. The van der Waals surface area contributed by atoms with Crippen LogP contribution in [0.5, 0.6) is 5.75 Å². The van der Waals surface area contributed by atoms with Crippen LogP contribution in [0.3, 0.4) is 0 Å². The number of hydrogen-bond acceptors (Lipinski definition) is 5. The molecule has 0 atom stereocenters. The van der Waals surface area contributed by atoms with Crippen LogP contribution in [0, 0.1) is 0 Å². The molecule has 31 heavy (non-hydrogen) atoms. The van der Waals surface area contributed by atoms with Gasteiger partial charge in [0.2, 0.25) is 5.82 Å². The van der Waals surface area contributed by atoms with Crippen molar-refractivity contribution < 1.29 is 32.2 Å². The number of nitrogens with zero attached hydrogens (tertiary/aromatic N) is 1. The molecule has 0 unspecified atom stereocenters. The van der Waals surface area contributed by atoms with E-state index in [1.165, 1.54) is 14.2 Å². The molecule has 3 aromatic rings. The number of carbonyl (C=O) groups excluding carboxylic acids is 2. The van der Waals surface area contributed by atoms with E-state index in [0.717, 1.165) is 23.8 Å². The number of fused-ring (bicyclic) bond motifs is 1. The van der Waals surface area contributed by atoms with Gasteiger partial charge >= 0.3 is 18.2 Å². The molecule has 0 saturated heterocycles. The monoisotopic (exact) mass is 436 g/mol. The third kappa shape index (κ3) is 5.24. The summed E-state index contributed by atoms with van der Waals surface area (Å²) in [6.45, 7) is 0.219. The molecule has 8 nitrogen and oxygen atoms in total. The number of imidazole rings is 1. The van der Waals surface area contributed by atoms with E-state index in [2.05, 4.69) is 25.3 Å². The van der Waals surface area contributed by atoms with Crippen LogP contribution in [0.4, 0.5) is 23.7 Å². The van der Waals surface area contributed by atoms with Gasteiger partial charge in [0.05, 0.1) is 36.5 Å². The van der Waals surface area contributed by atoms with E-state index in [4.69, 9.17) is 4.74 Å². The van der Waals surface area contributed by atoms with Gasteiger partial charge in [-0.15, -0.1) is 0 Å². The van der Waals surface area contributed by atoms with Crippen LogP contribution in [0.2, 0.25) is 0 Å². The van der Waals surface area contributed by atoms with Crippen molar-refractivity contribution in [1.29, 1.82) is 0 Å². The summed E-state index contributed by atoms with van der Waals surface area (Å²) in [6.07, 6.45) is -4.10. The first-order chi connectivity index (χ1) is 14.7. The van der Waals surface area contributed by atoms with Crippen LogP contribution in [0.15, 0.2) is 36.4 Å². The highest BCUT2D eigenvalue weighted by molar-refractivity contribution is 5.91. The number of esters is 1. The van der Waals surface area contributed by atoms with E-state index in [-0.39, 0.29) is 23.8 Å². The lowest BCUT2D eigenvalue weighted by Crippen LogP contribution is -2.30. The molecule has 1 aromatic heterocycles. The van der Waals surface area contributed by atoms with E-state index in [1.807, 2.05) is 0 Å². The molecular formula is C20H19F3N4O4. The van der Waals surface area contributed by atoms with Gasteiger partial charge in [-0.1, -0.05) is 6.07 Å².